The molecule has 3 amide bonds. The number of hydrogen-bond donors (Lipinski definition) is 1. The molecule has 5 nitrogen and oxygen atoms in total. The molecular weight excluding hydrogens is 335 g/mol. The van der Waals surface area contributed by atoms with E-state index in [1.807, 2.05) is 0 Å². The van der Waals surface area contributed by atoms with E-state index < -0.39 is 23.5 Å². The van der Waals surface area contributed by atoms with E-state index >= 15 is 0 Å². The third-order valence-corrected chi connectivity index (χ3v) is 4.49. The van der Waals surface area contributed by atoms with Gasteiger partial charge in [0.25, 0.3) is 0 Å². The Labute approximate surface area is 140 Å². The van der Waals surface area contributed by atoms with Crippen LogP contribution in [-0.2, 0) is 4.79 Å². The molecule has 1 N–H and O–H groups in total. The molecule has 1 aliphatic carbocycles. The summed E-state index contributed by atoms with van der Waals surface area (Å²) >= 11 is 0. The van der Waals surface area contributed by atoms with E-state index in [9.17, 15) is 22.8 Å². The van der Waals surface area contributed by atoms with Crippen LogP contribution in [0.2, 0.25) is 0 Å². The smallest absolute Gasteiger partial charge is 0.324 e. The van der Waals surface area contributed by atoms with Crippen LogP contribution >= 0.6 is 0 Å². The maximum Gasteiger partial charge on any atom is 0.324 e. The number of urea groups is 1. The number of benzene rings is 1. The van der Waals surface area contributed by atoms with Gasteiger partial charge >= 0.3 is 6.03 Å². The highest BCUT2D eigenvalue weighted by atomic mass is 19.2. The summed E-state index contributed by atoms with van der Waals surface area (Å²) in [6.07, 6.45) is 2.14. The van der Waals surface area contributed by atoms with Crippen molar-refractivity contribution in [1.82, 2.24) is 15.2 Å². The summed E-state index contributed by atoms with van der Waals surface area (Å²) in [6, 6.07) is 4.56. The second-order valence-corrected chi connectivity index (χ2v) is 6.03. The van der Waals surface area contributed by atoms with Crippen molar-refractivity contribution in [3.05, 3.63) is 53.5 Å². The SMILES string of the molecule is O=C1CNC(=O)N1[C@@H]1C[C@H]1c1ccc(-c2ccc(F)c(F)c2F)nc1. The summed E-state index contributed by atoms with van der Waals surface area (Å²) < 4.78 is 40.2. The molecule has 0 radical (unpaired) electrons. The van der Waals surface area contributed by atoms with E-state index in [2.05, 4.69) is 10.3 Å². The first kappa shape index (κ1) is 15.6. The molecule has 1 saturated carbocycles. The van der Waals surface area contributed by atoms with Gasteiger partial charge in [-0.05, 0) is 30.2 Å². The van der Waals surface area contributed by atoms with Crippen molar-refractivity contribution in [2.24, 2.45) is 0 Å². The molecule has 1 aromatic carbocycles. The topological polar surface area (TPSA) is 62.3 Å². The Kier molecular flexibility index (Phi) is 3.48. The Balaban J connectivity index is 1.55. The summed E-state index contributed by atoms with van der Waals surface area (Å²) in [5.41, 5.74) is 0.837. The maximum absolute atomic E-state index is 13.8. The molecule has 1 aromatic heterocycles. The third kappa shape index (κ3) is 2.54. The molecule has 2 atom stereocenters. The van der Waals surface area contributed by atoms with Crippen molar-refractivity contribution in [2.75, 3.05) is 6.54 Å². The van der Waals surface area contributed by atoms with Gasteiger partial charge in [-0.2, -0.15) is 0 Å². The average molecular weight is 347 g/mol. The van der Waals surface area contributed by atoms with Gasteiger partial charge in [0.1, 0.15) is 0 Å². The van der Waals surface area contributed by atoms with Gasteiger partial charge in [0.2, 0.25) is 5.91 Å². The minimum absolute atomic E-state index is 0.00858. The minimum atomic E-state index is -1.54. The Morgan fingerprint density at radius 2 is 1.88 bits per heavy atom. The molecule has 4 rings (SSSR count). The van der Waals surface area contributed by atoms with Crippen molar-refractivity contribution in [1.29, 1.82) is 0 Å². The number of carbonyl (C=O) groups is 2. The van der Waals surface area contributed by atoms with Crippen LogP contribution in [0.15, 0.2) is 30.5 Å². The fourth-order valence-corrected chi connectivity index (χ4v) is 3.10. The zero-order valence-electron chi connectivity index (χ0n) is 12.8. The van der Waals surface area contributed by atoms with E-state index in [1.54, 1.807) is 6.07 Å². The van der Waals surface area contributed by atoms with Gasteiger partial charge in [-0.15, -0.1) is 0 Å². The lowest BCUT2D eigenvalue weighted by Gasteiger charge is -2.12. The van der Waals surface area contributed by atoms with Gasteiger partial charge in [-0.25, -0.2) is 18.0 Å². The van der Waals surface area contributed by atoms with E-state index in [1.165, 1.54) is 17.2 Å². The maximum atomic E-state index is 13.8. The molecule has 1 aliphatic heterocycles. The first-order chi connectivity index (χ1) is 12.0. The van der Waals surface area contributed by atoms with Crippen LogP contribution in [0.3, 0.4) is 0 Å². The van der Waals surface area contributed by atoms with Gasteiger partial charge < -0.3 is 5.32 Å². The number of pyridine rings is 1. The fourth-order valence-electron chi connectivity index (χ4n) is 3.10. The second-order valence-electron chi connectivity index (χ2n) is 6.03. The largest absolute Gasteiger partial charge is 0.329 e. The van der Waals surface area contributed by atoms with E-state index in [4.69, 9.17) is 0 Å². The number of aromatic nitrogens is 1. The number of carbonyl (C=O) groups excluding carboxylic acids is 2. The summed E-state index contributed by atoms with van der Waals surface area (Å²) in [5, 5.41) is 2.47. The van der Waals surface area contributed by atoms with Crippen molar-refractivity contribution in [3.63, 3.8) is 0 Å². The lowest BCUT2D eigenvalue weighted by atomic mass is 10.1. The van der Waals surface area contributed by atoms with Crippen molar-refractivity contribution in [2.45, 2.75) is 18.4 Å². The molecule has 2 aromatic rings. The Morgan fingerprint density at radius 3 is 2.52 bits per heavy atom. The number of amides is 3. The number of halogens is 3. The monoisotopic (exact) mass is 347 g/mol. The number of imide groups is 1. The van der Waals surface area contributed by atoms with Gasteiger partial charge in [0, 0.05) is 23.7 Å². The van der Waals surface area contributed by atoms with Crippen LogP contribution in [0.5, 0.6) is 0 Å². The van der Waals surface area contributed by atoms with Crippen LogP contribution in [0.25, 0.3) is 11.3 Å². The van der Waals surface area contributed by atoms with Crippen molar-refractivity contribution in [3.8, 4) is 11.3 Å². The van der Waals surface area contributed by atoms with Crippen LogP contribution in [0, 0.1) is 17.5 Å². The Hall–Kier alpha value is -2.90. The quantitative estimate of drug-likeness (QED) is 0.686. The van der Waals surface area contributed by atoms with Crippen LogP contribution < -0.4 is 5.32 Å². The van der Waals surface area contributed by atoms with Crippen molar-refractivity contribution >= 4 is 11.9 Å². The van der Waals surface area contributed by atoms with E-state index in [0.717, 1.165) is 17.7 Å². The second kappa shape index (κ2) is 5.58. The number of nitrogens with one attached hydrogen (secondary N) is 1. The number of hydrogen-bond acceptors (Lipinski definition) is 3. The van der Waals surface area contributed by atoms with Gasteiger partial charge in [-0.3, -0.25) is 14.7 Å². The summed E-state index contributed by atoms with van der Waals surface area (Å²) in [4.78, 5) is 28.7. The van der Waals surface area contributed by atoms with Gasteiger partial charge in [0.05, 0.1) is 12.2 Å². The first-order valence-electron chi connectivity index (χ1n) is 7.67. The van der Waals surface area contributed by atoms with Crippen LogP contribution in [0.4, 0.5) is 18.0 Å². The zero-order valence-corrected chi connectivity index (χ0v) is 12.8. The van der Waals surface area contributed by atoms with Crippen LogP contribution in [0.1, 0.15) is 17.9 Å². The molecule has 128 valence electrons. The van der Waals surface area contributed by atoms with Gasteiger partial charge in [-0.1, -0.05) is 6.07 Å². The lowest BCUT2D eigenvalue weighted by Crippen LogP contribution is -2.33. The highest BCUT2D eigenvalue weighted by Gasteiger charge is 2.49. The van der Waals surface area contributed by atoms with E-state index in [0.29, 0.717) is 6.42 Å². The Morgan fingerprint density at radius 1 is 1.08 bits per heavy atom. The molecule has 25 heavy (non-hydrogen) atoms. The molecule has 0 bridgehead atoms. The predicted molar refractivity (Wildman–Crippen MR) is 80.9 cm³/mol. The van der Waals surface area contributed by atoms with E-state index in [-0.39, 0.29) is 35.7 Å². The molecule has 1 saturated heterocycles. The predicted octanol–water partition coefficient (Wildman–Crippen LogP) is 2.57. The summed E-state index contributed by atoms with van der Waals surface area (Å²) in [6.45, 7) is 0.00858. The zero-order chi connectivity index (χ0) is 17.7. The molecule has 0 spiro atoms. The van der Waals surface area contributed by atoms with Crippen molar-refractivity contribution < 1.29 is 22.8 Å². The summed E-state index contributed by atoms with van der Waals surface area (Å²) in [5.74, 6) is -4.37. The third-order valence-electron chi connectivity index (χ3n) is 4.49. The Bertz CT molecular complexity index is 869. The average Bonchev–Trinajstić information content (AvgIpc) is 3.31. The number of rotatable bonds is 3. The fraction of sp³-hybridized carbons (Fsp3) is 0.235. The van der Waals surface area contributed by atoms with Crippen LogP contribution in [-0.4, -0.2) is 34.4 Å². The first-order valence-corrected chi connectivity index (χ1v) is 7.67. The highest BCUT2D eigenvalue weighted by molar-refractivity contribution is 6.02. The molecule has 2 aliphatic rings. The minimum Gasteiger partial charge on any atom is -0.329 e. The highest BCUT2D eigenvalue weighted by Crippen LogP contribution is 2.45. The number of nitrogens with zero attached hydrogens (tertiary/aromatic N) is 2. The standard InChI is InChI=1S/C17H12F3N3O2/c18-11-3-2-9(15(19)16(11)20)12-4-1-8(6-21-12)10-5-13(10)23-14(24)7-22-17(23)25/h1-4,6,10,13H,5,7H2,(H,22,25)/t10-,13+/m0/s1. The molecule has 0 unspecified atom stereocenters. The lowest BCUT2D eigenvalue weighted by molar-refractivity contribution is -0.125. The molecule has 2 fully saturated rings. The molecule has 8 heteroatoms. The summed E-state index contributed by atoms with van der Waals surface area (Å²) in [7, 11) is 0. The van der Waals surface area contributed by atoms with Gasteiger partial charge in [0.15, 0.2) is 17.5 Å². The molecule has 2 heterocycles. The molecular formula is C17H12F3N3O2. The normalized spacial score (nSPS) is 22.3.